The number of cyclic esters (lactones) is 1. The Morgan fingerprint density at radius 1 is 1.33 bits per heavy atom. The van der Waals surface area contributed by atoms with Gasteiger partial charge in [-0.3, -0.25) is 4.90 Å². The van der Waals surface area contributed by atoms with E-state index < -0.39 is 22.2 Å². The Morgan fingerprint density at radius 2 is 1.95 bits per heavy atom. The predicted molar refractivity (Wildman–Crippen MR) is 81.0 cm³/mol. The summed E-state index contributed by atoms with van der Waals surface area (Å²) < 4.78 is 29.6. The molecule has 0 aliphatic carbocycles. The van der Waals surface area contributed by atoms with E-state index in [4.69, 9.17) is 4.74 Å². The maximum absolute atomic E-state index is 11.9. The molecule has 0 saturated carbocycles. The van der Waals surface area contributed by atoms with Gasteiger partial charge in [0.2, 0.25) is 10.0 Å². The number of sulfonamides is 1. The molecule has 21 heavy (non-hydrogen) atoms. The lowest BCUT2D eigenvalue weighted by Crippen LogP contribution is -2.33. The van der Waals surface area contributed by atoms with Crippen LogP contribution in [0.3, 0.4) is 0 Å². The molecule has 6 nitrogen and oxygen atoms in total. The number of carbonyl (C=O) groups is 1. The van der Waals surface area contributed by atoms with E-state index in [0.29, 0.717) is 12.5 Å². The van der Waals surface area contributed by atoms with E-state index in [-0.39, 0.29) is 6.54 Å². The first kappa shape index (κ1) is 15.8. The summed E-state index contributed by atoms with van der Waals surface area (Å²) in [6.45, 7) is 4.63. The zero-order chi connectivity index (χ0) is 15.6. The minimum Gasteiger partial charge on any atom is -0.443 e. The fraction of sp³-hybridized carbons (Fsp3) is 0.500. The molecule has 1 unspecified atom stereocenters. The van der Waals surface area contributed by atoms with Gasteiger partial charge in [0.1, 0.15) is 6.10 Å². The number of ether oxygens (including phenoxy) is 1. The molecule has 1 amide bonds. The Labute approximate surface area is 125 Å². The van der Waals surface area contributed by atoms with Gasteiger partial charge in [0.15, 0.2) is 0 Å². The monoisotopic (exact) mass is 312 g/mol. The van der Waals surface area contributed by atoms with E-state index >= 15 is 0 Å². The van der Waals surface area contributed by atoms with Crippen molar-refractivity contribution in [2.75, 3.05) is 24.2 Å². The zero-order valence-corrected chi connectivity index (χ0v) is 13.2. The van der Waals surface area contributed by atoms with Crippen LogP contribution in [0, 0.1) is 0 Å². The minimum atomic E-state index is -3.29. The standard InChI is InChI=1S/C14H20N2O4S/c1-10(2)11-4-6-12(7-5-11)16-9-13(20-14(16)17)8-15-21(3,18)19/h4-7,10,13,15H,8-9H2,1-3H3. The van der Waals surface area contributed by atoms with Gasteiger partial charge < -0.3 is 4.74 Å². The highest BCUT2D eigenvalue weighted by Gasteiger charge is 2.32. The van der Waals surface area contributed by atoms with Crippen molar-refractivity contribution in [3.63, 3.8) is 0 Å². The van der Waals surface area contributed by atoms with E-state index in [1.54, 1.807) is 0 Å². The summed E-state index contributed by atoms with van der Waals surface area (Å²) >= 11 is 0. The summed E-state index contributed by atoms with van der Waals surface area (Å²) in [7, 11) is -3.29. The third kappa shape index (κ3) is 4.18. The Bertz CT molecular complexity index is 610. The van der Waals surface area contributed by atoms with E-state index in [1.165, 1.54) is 10.5 Å². The van der Waals surface area contributed by atoms with Gasteiger partial charge in [0.05, 0.1) is 12.8 Å². The molecule has 1 N–H and O–H groups in total. The van der Waals surface area contributed by atoms with Gasteiger partial charge in [-0.25, -0.2) is 17.9 Å². The Balaban J connectivity index is 2.02. The number of amides is 1. The summed E-state index contributed by atoms with van der Waals surface area (Å²) in [5, 5.41) is 0. The van der Waals surface area contributed by atoms with Crippen LogP contribution in [0.5, 0.6) is 0 Å². The average molecular weight is 312 g/mol. The molecule has 0 aromatic heterocycles. The van der Waals surface area contributed by atoms with Gasteiger partial charge in [-0.05, 0) is 23.6 Å². The summed E-state index contributed by atoms with van der Waals surface area (Å²) in [4.78, 5) is 13.4. The third-order valence-corrected chi connectivity index (χ3v) is 4.01. The topological polar surface area (TPSA) is 75.7 Å². The molecule has 1 heterocycles. The normalized spacial score (nSPS) is 19.1. The third-order valence-electron chi connectivity index (χ3n) is 3.32. The molecule has 2 rings (SSSR count). The number of nitrogens with one attached hydrogen (secondary N) is 1. The van der Waals surface area contributed by atoms with Crippen LogP contribution >= 0.6 is 0 Å². The van der Waals surface area contributed by atoms with Crippen molar-refractivity contribution in [1.29, 1.82) is 0 Å². The van der Waals surface area contributed by atoms with E-state index in [2.05, 4.69) is 18.6 Å². The van der Waals surface area contributed by atoms with Crippen LogP contribution in [-0.2, 0) is 14.8 Å². The molecule has 1 atom stereocenters. The smallest absolute Gasteiger partial charge is 0.414 e. The molecule has 1 saturated heterocycles. The predicted octanol–water partition coefficient (Wildman–Crippen LogP) is 1.68. The quantitative estimate of drug-likeness (QED) is 0.897. The van der Waals surface area contributed by atoms with Crippen molar-refractivity contribution in [2.24, 2.45) is 0 Å². The molecule has 116 valence electrons. The number of hydrogen-bond acceptors (Lipinski definition) is 4. The van der Waals surface area contributed by atoms with Gasteiger partial charge in [0.25, 0.3) is 0 Å². The number of carbonyl (C=O) groups excluding carboxylic acids is 1. The molecular weight excluding hydrogens is 292 g/mol. The molecule has 0 spiro atoms. The first-order valence-electron chi connectivity index (χ1n) is 6.79. The lowest BCUT2D eigenvalue weighted by Gasteiger charge is -2.14. The molecule has 1 fully saturated rings. The number of benzene rings is 1. The van der Waals surface area contributed by atoms with Crippen molar-refractivity contribution in [3.8, 4) is 0 Å². The lowest BCUT2D eigenvalue weighted by atomic mass is 10.0. The summed E-state index contributed by atoms with van der Waals surface area (Å²) in [5.74, 6) is 0.427. The molecule has 1 aliphatic heterocycles. The SMILES string of the molecule is CC(C)c1ccc(N2CC(CNS(C)(=O)=O)OC2=O)cc1. The first-order chi connectivity index (χ1) is 9.76. The minimum absolute atomic E-state index is 0.0884. The van der Waals surface area contributed by atoms with Crippen molar-refractivity contribution in [1.82, 2.24) is 4.72 Å². The zero-order valence-electron chi connectivity index (χ0n) is 12.4. The van der Waals surface area contributed by atoms with Crippen LogP contribution < -0.4 is 9.62 Å². The average Bonchev–Trinajstić information content (AvgIpc) is 2.77. The second-order valence-corrected chi connectivity index (χ2v) is 7.32. The van der Waals surface area contributed by atoms with E-state index in [1.807, 2.05) is 24.3 Å². The molecule has 0 bridgehead atoms. The van der Waals surface area contributed by atoms with Gasteiger partial charge in [-0.1, -0.05) is 26.0 Å². The summed E-state index contributed by atoms with van der Waals surface area (Å²) in [5.41, 5.74) is 1.95. The van der Waals surface area contributed by atoms with Crippen LogP contribution in [0.25, 0.3) is 0 Å². The largest absolute Gasteiger partial charge is 0.443 e. The second-order valence-electron chi connectivity index (χ2n) is 5.48. The maximum Gasteiger partial charge on any atom is 0.414 e. The second kappa shape index (κ2) is 6.03. The fourth-order valence-electron chi connectivity index (χ4n) is 2.12. The molecule has 1 aromatic rings. The summed E-state index contributed by atoms with van der Waals surface area (Å²) in [6, 6.07) is 7.72. The van der Waals surface area contributed by atoms with E-state index in [0.717, 1.165) is 11.9 Å². The van der Waals surface area contributed by atoms with Crippen LogP contribution in [0.15, 0.2) is 24.3 Å². The van der Waals surface area contributed by atoms with E-state index in [9.17, 15) is 13.2 Å². The van der Waals surface area contributed by atoms with Crippen molar-refractivity contribution in [2.45, 2.75) is 25.9 Å². The highest BCUT2D eigenvalue weighted by molar-refractivity contribution is 7.88. The molecular formula is C14H20N2O4S. The number of anilines is 1. The Kier molecular flexibility index (Phi) is 4.53. The fourth-order valence-corrected chi connectivity index (χ4v) is 2.61. The van der Waals surface area contributed by atoms with Gasteiger partial charge in [-0.15, -0.1) is 0 Å². The maximum atomic E-state index is 11.9. The van der Waals surface area contributed by atoms with Crippen molar-refractivity contribution >= 4 is 21.8 Å². The highest BCUT2D eigenvalue weighted by Crippen LogP contribution is 2.24. The van der Waals surface area contributed by atoms with Crippen LogP contribution in [0.2, 0.25) is 0 Å². The number of hydrogen-bond donors (Lipinski definition) is 1. The summed E-state index contributed by atoms with van der Waals surface area (Å²) in [6.07, 6.45) is 0.149. The van der Waals surface area contributed by atoms with Crippen LogP contribution in [-0.4, -0.2) is 40.0 Å². The molecule has 1 aliphatic rings. The molecule has 1 aromatic carbocycles. The Hall–Kier alpha value is -1.60. The number of nitrogens with zero attached hydrogens (tertiary/aromatic N) is 1. The van der Waals surface area contributed by atoms with Crippen LogP contribution in [0.4, 0.5) is 10.5 Å². The van der Waals surface area contributed by atoms with Crippen LogP contribution in [0.1, 0.15) is 25.3 Å². The molecule has 7 heteroatoms. The van der Waals surface area contributed by atoms with Gasteiger partial charge in [-0.2, -0.15) is 0 Å². The van der Waals surface area contributed by atoms with Gasteiger partial charge in [0, 0.05) is 12.2 Å². The number of rotatable bonds is 5. The first-order valence-corrected chi connectivity index (χ1v) is 8.68. The lowest BCUT2D eigenvalue weighted by molar-refractivity contribution is 0.143. The van der Waals surface area contributed by atoms with Crippen molar-refractivity contribution in [3.05, 3.63) is 29.8 Å². The Morgan fingerprint density at radius 3 is 2.48 bits per heavy atom. The molecule has 0 radical (unpaired) electrons. The van der Waals surface area contributed by atoms with Crippen molar-refractivity contribution < 1.29 is 17.9 Å². The van der Waals surface area contributed by atoms with Gasteiger partial charge >= 0.3 is 6.09 Å². The highest BCUT2D eigenvalue weighted by atomic mass is 32.2.